The highest BCUT2D eigenvalue weighted by Crippen LogP contribution is 2.37. The van der Waals surface area contributed by atoms with Gasteiger partial charge in [0.2, 0.25) is 5.91 Å². The van der Waals surface area contributed by atoms with Crippen molar-refractivity contribution < 1.29 is 14.3 Å². The molecule has 1 aliphatic carbocycles. The van der Waals surface area contributed by atoms with Crippen molar-refractivity contribution in [3.63, 3.8) is 0 Å². The van der Waals surface area contributed by atoms with Crippen molar-refractivity contribution >= 4 is 5.91 Å². The van der Waals surface area contributed by atoms with Crippen LogP contribution in [0.1, 0.15) is 25.7 Å². The lowest BCUT2D eigenvalue weighted by Crippen LogP contribution is -2.46. The lowest BCUT2D eigenvalue weighted by Gasteiger charge is -2.30. The Labute approximate surface area is 115 Å². The second kappa shape index (κ2) is 7.22. The van der Waals surface area contributed by atoms with Crippen LogP contribution in [-0.4, -0.2) is 63.9 Å². The zero-order valence-corrected chi connectivity index (χ0v) is 12.0. The topological polar surface area (TPSA) is 50.8 Å². The van der Waals surface area contributed by atoms with Crippen LogP contribution >= 0.6 is 0 Å². The molecule has 0 radical (unpaired) electrons. The van der Waals surface area contributed by atoms with Crippen LogP contribution in [0.4, 0.5) is 0 Å². The summed E-state index contributed by atoms with van der Waals surface area (Å²) in [4.78, 5) is 14.1. The number of methoxy groups -OCH3 is 1. The maximum absolute atomic E-state index is 12.0. The summed E-state index contributed by atoms with van der Waals surface area (Å²) in [6, 6.07) is 0. The molecule has 5 nitrogen and oxygen atoms in total. The van der Waals surface area contributed by atoms with Crippen molar-refractivity contribution in [2.45, 2.75) is 25.7 Å². The number of nitrogens with zero attached hydrogens (tertiary/aromatic N) is 1. The zero-order valence-electron chi connectivity index (χ0n) is 12.0. The molecule has 0 aromatic carbocycles. The first-order chi connectivity index (χ1) is 9.24. The zero-order chi connectivity index (χ0) is 13.6. The molecule has 0 aromatic rings. The van der Waals surface area contributed by atoms with E-state index in [2.05, 4.69) is 10.2 Å². The van der Waals surface area contributed by atoms with Gasteiger partial charge in [0.1, 0.15) is 0 Å². The Morgan fingerprint density at radius 2 is 2.00 bits per heavy atom. The summed E-state index contributed by atoms with van der Waals surface area (Å²) >= 11 is 0. The number of rotatable bonds is 6. The van der Waals surface area contributed by atoms with E-state index in [1.54, 1.807) is 7.11 Å². The van der Waals surface area contributed by atoms with E-state index in [0.29, 0.717) is 6.54 Å². The van der Waals surface area contributed by atoms with E-state index in [1.165, 1.54) is 25.7 Å². The number of carbonyl (C=O) groups is 1. The molecule has 0 spiro atoms. The smallest absolute Gasteiger partial charge is 0.234 e. The first kappa shape index (κ1) is 14.8. The minimum absolute atomic E-state index is 0.129. The van der Waals surface area contributed by atoms with Gasteiger partial charge in [-0.3, -0.25) is 9.69 Å². The molecule has 0 bridgehead atoms. The monoisotopic (exact) mass is 270 g/mol. The van der Waals surface area contributed by atoms with Crippen LogP contribution in [0.15, 0.2) is 0 Å². The molecule has 19 heavy (non-hydrogen) atoms. The first-order valence-electron chi connectivity index (χ1n) is 7.30. The summed E-state index contributed by atoms with van der Waals surface area (Å²) in [5.74, 6) is 0.129. The Hall–Kier alpha value is -0.650. The van der Waals surface area contributed by atoms with Gasteiger partial charge in [-0.2, -0.15) is 0 Å². The molecule has 2 rings (SSSR count). The van der Waals surface area contributed by atoms with Gasteiger partial charge in [0.25, 0.3) is 0 Å². The van der Waals surface area contributed by atoms with Gasteiger partial charge >= 0.3 is 0 Å². The number of hydrogen-bond acceptors (Lipinski definition) is 4. The molecule has 0 unspecified atom stereocenters. The van der Waals surface area contributed by atoms with E-state index in [1.807, 2.05) is 0 Å². The fourth-order valence-corrected chi connectivity index (χ4v) is 3.11. The maximum Gasteiger partial charge on any atom is 0.234 e. The van der Waals surface area contributed by atoms with Crippen LogP contribution < -0.4 is 5.32 Å². The average Bonchev–Trinajstić information content (AvgIpc) is 2.87. The van der Waals surface area contributed by atoms with Gasteiger partial charge in [-0.15, -0.1) is 0 Å². The Bertz CT molecular complexity index is 284. The van der Waals surface area contributed by atoms with Gasteiger partial charge in [0.05, 0.1) is 26.4 Å². The third kappa shape index (κ3) is 4.44. The average molecular weight is 270 g/mol. The molecule has 0 aromatic heterocycles. The number of morpholine rings is 1. The second-order valence-corrected chi connectivity index (χ2v) is 5.81. The minimum atomic E-state index is 0.129. The van der Waals surface area contributed by atoms with Crippen LogP contribution in [-0.2, 0) is 14.3 Å². The highest BCUT2D eigenvalue weighted by Gasteiger charge is 2.34. The lowest BCUT2D eigenvalue weighted by atomic mass is 9.87. The van der Waals surface area contributed by atoms with Gasteiger partial charge in [-0.05, 0) is 12.8 Å². The minimum Gasteiger partial charge on any atom is -0.384 e. The van der Waals surface area contributed by atoms with Crippen LogP contribution in [0.25, 0.3) is 0 Å². The SMILES string of the molecule is COCC1(CNC(=O)CN2CCOCC2)CCCC1. The maximum atomic E-state index is 12.0. The molecule has 1 saturated carbocycles. The molecular weight excluding hydrogens is 244 g/mol. The predicted octanol–water partition coefficient (Wildman–Crippen LogP) is 0.642. The van der Waals surface area contributed by atoms with Gasteiger partial charge in [-0.1, -0.05) is 12.8 Å². The largest absolute Gasteiger partial charge is 0.384 e. The molecule has 1 amide bonds. The summed E-state index contributed by atoms with van der Waals surface area (Å²) in [5.41, 5.74) is 0.176. The molecule has 1 N–H and O–H groups in total. The lowest BCUT2D eigenvalue weighted by molar-refractivity contribution is -0.124. The molecule has 1 aliphatic heterocycles. The quantitative estimate of drug-likeness (QED) is 0.769. The molecule has 2 fully saturated rings. The Morgan fingerprint density at radius 1 is 1.32 bits per heavy atom. The summed E-state index contributed by atoms with van der Waals surface area (Å²) in [6.45, 7) is 5.19. The fraction of sp³-hybridized carbons (Fsp3) is 0.929. The van der Waals surface area contributed by atoms with Crippen LogP contribution in [0.3, 0.4) is 0 Å². The van der Waals surface area contributed by atoms with E-state index in [4.69, 9.17) is 9.47 Å². The van der Waals surface area contributed by atoms with Crippen molar-refractivity contribution in [2.24, 2.45) is 5.41 Å². The van der Waals surface area contributed by atoms with E-state index in [9.17, 15) is 4.79 Å². The van der Waals surface area contributed by atoms with E-state index in [-0.39, 0.29) is 11.3 Å². The highest BCUT2D eigenvalue weighted by atomic mass is 16.5. The molecule has 0 atom stereocenters. The standard InChI is InChI=1S/C14H26N2O3/c1-18-12-14(4-2-3-5-14)11-15-13(17)10-16-6-8-19-9-7-16/h2-12H2,1H3,(H,15,17). The van der Waals surface area contributed by atoms with Crippen LogP contribution in [0.5, 0.6) is 0 Å². The second-order valence-electron chi connectivity index (χ2n) is 5.81. The Balaban J connectivity index is 1.72. The molecule has 2 aliphatic rings. The Morgan fingerprint density at radius 3 is 2.63 bits per heavy atom. The van der Waals surface area contributed by atoms with Gasteiger partial charge in [-0.25, -0.2) is 0 Å². The predicted molar refractivity (Wildman–Crippen MR) is 73.0 cm³/mol. The van der Waals surface area contributed by atoms with E-state index >= 15 is 0 Å². The summed E-state index contributed by atoms with van der Waals surface area (Å²) in [7, 11) is 1.75. The van der Waals surface area contributed by atoms with Crippen molar-refractivity contribution in [1.29, 1.82) is 0 Å². The summed E-state index contributed by atoms with van der Waals surface area (Å²) in [6.07, 6.45) is 4.84. The van der Waals surface area contributed by atoms with Crippen molar-refractivity contribution in [1.82, 2.24) is 10.2 Å². The molecule has 1 heterocycles. The van der Waals surface area contributed by atoms with Gasteiger partial charge in [0.15, 0.2) is 0 Å². The third-order valence-electron chi connectivity index (χ3n) is 4.25. The third-order valence-corrected chi connectivity index (χ3v) is 4.25. The highest BCUT2D eigenvalue weighted by molar-refractivity contribution is 5.78. The van der Waals surface area contributed by atoms with E-state index in [0.717, 1.165) is 39.5 Å². The Kier molecular flexibility index (Phi) is 5.60. The molecular formula is C14H26N2O3. The summed E-state index contributed by atoms with van der Waals surface area (Å²) in [5, 5.41) is 3.10. The number of amides is 1. The van der Waals surface area contributed by atoms with Crippen molar-refractivity contribution in [3.05, 3.63) is 0 Å². The first-order valence-corrected chi connectivity index (χ1v) is 7.30. The number of carbonyl (C=O) groups excluding carboxylic acids is 1. The van der Waals surface area contributed by atoms with Crippen LogP contribution in [0.2, 0.25) is 0 Å². The van der Waals surface area contributed by atoms with E-state index < -0.39 is 0 Å². The molecule has 5 heteroatoms. The van der Waals surface area contributed by atoms with Crippen molar-refractivity contribution in [2.75, 3.05) is 53.1 Å². The van der Waals surface area contributed by atoms with Crippen molar-refractivity contribution in [3.8, 4) is 0 Å². The number of nitrogens with one attached hydrogen (secondary N) is 1. The van der Waals surface area contributed by atoms with Gasteiger partial charge in [0, 0.05) is 32.2 Å². The fourth-order valence-electron chi connectivity index (χ4n) is 3.11. The normalized spacial score (nSPS) is 23.4. The molecule has 1 saturated heterocycles. The molecule has 110 valence electrons. The summed E-state index contributed by atoms with van der Waals surface area (Å²) < 4.78 is 10.6. The van der Waals surface area contributed by atoms with Gasteiger partial charge < -0.3 is 14.8 Å². The number of ether oxygens (including phenoxy) is 2. The van der Waals surface area contributed by atoms with Crippen LogP contribution in [0, 0.1) is 5.41 Å². The number of hydrogen-bond donors (Lipinski definition) is 1.